The third-order valence-electron chi connectivity index (χ3n) is 2.48. The SMILES string of the molecule is CCC(CC(C)C)NC(=O)c1ccccn1. The first-order valence-corrected chi connectivity index (χ1v) is 5.85. The van der Waals surface area contributed by atoms with Crippen molar-refractivity contribution in [2.45, 2.75) is 39.7 Å². The van der Waals surface area contributed by atoms with Gasteiger partial charge >= 0.3 is 0 Å². The maximum absolute atomic E-state index is 11.8. The van der Waals surface area contributed by atoms with Crippen LogP contribution in [0.5, 0.6) is 0 Å². The van der Waals surface area contributed by atoms with E-state index in [0.29, 0.717) is 11.6 Å². The molecule has 0 radical (unpaired) electrons. The Balaban J connectivity index is 2.56. The van der Waals surface area contributed by atoms with Gasteiger partial charge in [-0.2, -0.15) is 0 Å². The zero-order chi connectivity index (χ0) is 12.0. The highest BCUT2D eigenvalue weighted by Crippen LogP contribution is 2.08. The minimum atomic E-state index is -0.0758. The lowest BCUT2D eigenvalue weighted by Crippen LogP contribution is -2.35. The molecule has 1 amide bonds. The van der Waals surface area contributed by atoms with E-state index in [1.165, 1.54) is 0 Å². The van der Waals surface area contributed by atoms with Gasteiger partial charge in [-0.15, -0.1) is 0 Å². The summed E-state index contributed by atoms with van der Waals surface area (Å²) in [4.78, 5) is 15.9. The van der Waals surface area contributed by atoms with Gasteiger partial charge in [0.05, 0.1) is 0 Å². The number of nitrogens with one attached hydrogen (secondary N) is 1. The van der Waals surface area contributed by atoms with E-state index in [9.17, 15) is 4.79 Å². The standard InChI is InChI=1S/C13H20N2O/c1-4-11(9-10(2)3)15-13(16)12-7-5-6-8-14-12/h5-8,10-11H,4,9H2,1-3H3,(H,15,16). The van der Waals surface area contributed by atoms with Crippen molar-refractivity contribution in [2.75, 3.05) is 0 Å². The number of carbonyl (C=O) groups excluding carboxylic acids is 1. The zero-order valence-corrected chi connectivity index (χ0v) is 10.2. The van der Waals surface area contributed by atoms with E-state index in [1.54, 1.807) is 12.3 Å². The van der Waals surface area contributed by atoms with Gasteiger partial charge in [0.1, 0.15) is 5.69 Å². The van der Waals surface area contributed by atoms with Crippen LogP contribution in [-0.4, -0.2) is 16.9 Å². The quantitative estimate of drug-likeness (QED) is 0.828. The zero-order valence-electron chi connectivity index (χ0n) is 10.2. The molecule has 1 heterocycles. The molecule has 16 heavy (non-hydrogen) atoms. The second-order valence-electron chi connectivity index (χ2n) is 4.42. The van der Waals surface area contributed by atoms with Gasteiger partial charge in [-0.1, -0.05) is 26.8 Å². The Kier molecular flexibility index (Phi) is 4.96. The number of carbonyl (C=O) groups is 1. The van der Waals surface area contributed by atoms with Gasteiger partial charge in [-0.25, -0.2) is 0 Å². The van der Waals surface area contributed by atoms with Gasteiger partial charge in [-0.3, -0.25) is 9.78 Å². The Bertz CT molecular complexity index is 322. The van der Waals surface area contributed by atoms with Gasteiger partial charge in [0, 0.05) is 12.2 Å². The Morgan fingerprint density at radius 3 is 2.69 bits per heavy atom. The van der Waals surface area contributed by atoms with Crippen molar-refractivity contribution in [2.24, 2.45) is 5.92 Å². The van der Waals surface area contributed by atoms with Crippen LogP contribution in [0, 0.1) is 5.92 Å². The van der Waals surface area contributed by atoms with Gasteiger partial charge in [0.25, 0.3) is 5.91 Å². The van der Waals surface area contributed by atoms with Crippen molar-refractivity contribution in [1.82, 2.24) is 10.3 Å². The van der Waals surface area contributed by atoms with Crippen LogP contribution in [0.25, 0.3) is 0 Å². The predicted octanol–water partition coefficient (Wildman–Crippen LogP) is 2.64. The molecule has 1 N–H and O–H groups in total. The third-order valence-corrected chi connectivity index (χ3v) is 2.48. The molecule has 1 aromatic heterocycles. The fraction of sp³-hybridized carbons (Fsp3) is 0.538. The third kappa shape index (κ3) is 4.01. The molecule has 0 aromatic carbocycles. The summed E-state index contributed by atoms with van der Waals surface area (Å²) in [5.41, 5.74) is 0.490. The largest absolute Gasteiger partial charge is 0.348 e. The minimum Gasteiger partial charge on any atom is -0.348 e. The average Bonchev–Trinajstić information content (AvgIpc) is 2.28. The number of hydrogen-bond acceptors (Lipinski definition) is 2. The Morgan fingerprint density at radius 2 is 2.19 bits per heavy atom. The molecule has 0 spiro atoms. The summed E-state index contributed by atoms with van der Waals surface area (Å²) in [6, 6.07) is 5.61. The molecule has 0 aliphatic heterocycles. The van der Waals surface area contributed by atoms with Crippen molar-refractivity contribution in [1.29, 1.82) is 0 Å². The van der Waals surface area contributed by atoms with Crippen LogP contribution < -0.4 is 5.32 Å². The summed E-state index contributed by atoms with van der Waals surface area (Å²) in [7, 11) is 0. The molecule has 1 atom stereocenters. The second kappa shape index (κ2) is 6.26. The summed E-state index contributed by atoms with van der Waals surface area (Å²) in [6.45, 7) is 6.41. The normalized spacial score (nSPS) is 12.5. The summed E-state index contributed by atoms with van der Waals surface area (Å²) < 4.78 is 0. The number of hydrogen-bond donors (Lipinski definition) is 1. The predicted molar refractivity (Wildman–Crippen MR) is 65.2 cm³/mol. The molecule has 1 rings (SSSR count). The van der Waals surface area contributed by atoms with Crippen LogP contribution in [0.1, 0.15) is 44.1 Å². The van der Waals surface area contributed by atoms with Crippen LogP contribution in [0.15, 0.2) is 24.4 Å². The monoisotopic (exact) mass is 220 g/mol. The Hall–Kier alpha value is -1.38. The molecular formula is C13H20N2O. The van der Waals surface area contributed by atoms with Gasteiger partial charge in [0.15, 0.2) is 0 Å². The number of nitrogens with zero attached hydrogens (tertiary/aromatic N) is 1. The van der Waals surface area contributed by atoms with E-state index in [2.05, 4.69) is 31.1 Å². The molecule has 88 valence electrons. The average molecular weight is 220 g/mol. The molecule has 3 nitrogen and oxygen atoms in total. The van der Waals surface area contributed by atoms with Crippen molar-refractivity contribution in [3.05, 3.63) is 30.1 Å². The molecule has 0 fully saturated rings. The van der Waals surface area contributed by atoms with Crippen molar-refractivity contribution < 1.29 is 4.79 Å². The fourth-order valence-electron chi connectivity index (χ4n) is 1.65. The smallest absolute Gasteiger partial charge is 0.270 e. The highest BCUT2D eigenvalue weighted by Gasteiger charge is 2.13. The molecule has 0 saturated carbocycles. The van der Waals surface area contributed by atoms with Crippen LogP contribution in [0.3, 0.4) is 0 Å². The molecule has 0 aliphatic rings. The minimum absolute atomic E-state index is 0.0758. The summed E-state index contributed by atoms with van der Waals surface area (Å²) in [5, 5.41) is 3.01. The number of amides is 1. The first-order valence-electron chi connectivity index (χ1n) is 5.85. The summed E-state index contributed by atoms with van der Waals surface area (Å²) in [5.74, 6) is 0.516. The topological polar surface area (TPSA) is 42.0 Å². The summed E-state index contributed by atoms with van der Waals surface area (Å²) >= 11 is 0. The molecule has 1 unspecified atom stereocenters. The first kappa shape index (κ1) is 12.7. The second-order valence-corrected chi connectivity index (χ2v) is 4.42. The molecular weight excluding hydrogens is 200 g/mol. The number of rotatable bonds is 5. The fourth-order valence-corrected chi connectivity index (χ4v) is 1.65. The van der Waals surface area contributed by atoms with E-state index in [4.69, 9.17) is 0 Å². The van der Waals surface area contributed by atoms with Crippen LogP contribution in [0.2, 0.25) is 0 Å². The van der Waals surface area contributed by atoms with Crippen molar-refractivity contribution in [3.63, 3.8) is 0 Å². The van der Waals surface area contributed by atoms with Crippen molar-refractivity contribution in [3.8, 4) is 0 Å². The molecule has 1 aromatic rings. The van der Waals surface area contributed by atoms with E-state index in [-0.39, 0.29) is 11.9 Å². The van der Waals surface area contributed by atoms with E-state index in [0.717, 1.165) is 12.8 Å². The highest BCUT2D eigenvalue weighted by atomic mass is 16.1. The van der Waals surface area contributed by atoms with Crippen molar-refractivity contribution >= 4 is 5.91 Å². The molecule has 0 bridgehead atoms. The Labute approximate surface area is 97.3 Å². The molecule has 0 aliphatic carbocycles. The van der Waals surface area contributed by atoms with Crippen LogP contribution in [0.4, 0.5) is 0 Å². The van der Waals surface area contributed by atoms with Gasteiger partial charge in [-0.05, 0) is 30.9 Å². The first-order chi connectivity index (χ1) is 7.63. The van der Waals surface area contributed by atoms with E-state index >= 15 is 0 Å². The summed E-state index contributed by atoms with van der Waals surface area (Å²) in [6.07, 6.45) is 3.60. The maximum Gasteiger partial charge on any atom is 0.270 e. The van der Waals surface area contributed by atoms with E-state index in [1.807, 2.05) is 12.1 Å². The van der Waals surface area contributed by atoms with Gasteiger partial charge < -0.3 is 5.32 Å². The number of pyridine rings is 1. The van der Waals surface area contributed by atoms with Gasteiger partial charge in [0.2, 0.25) is 0 Å². The Morgan fingerprint density at radius 1 is 1.44 bits per heavy atom. The molecule has 0 saturated heterocycles. The van der Waals surface area contributed by atoms with E-state index < -0.39 is 0 Å². The maximum atomic E-state index is 11.8. The lowest BCUT2D eigenvalue weighted by atomic mass is 10.0. The van der Waals surface area contributed by atoms with Crippen LogP contribution >= 0.6 is 0 Å². The highest BCUT2D eigenvalue weighted by molar-refractivity contribution is 5.92. The van der Waals surface area contributed by atoms with Crippen LogP contribution in [-0.2, 0) is 0 Å². The lowest BCUT2D eigenvalue weighted by molar-refractivity contribution is 0.0926. The number of aromatic nitrogens is 1. The molecule has 3 heteroatoms. The lowest BCUT2D eigenvalue weighted by Gasteiger charge is -2.18.